The lowest BCUT2D eigenvalue weighted by Gasteiger charge is -2.17. The van der Waals surface area contributed by atoms with E-state index in [0.29, 0.717) is 24.4 Å². The molecule has 0 unspecified atom stereocenters. The Morgan fingerprint density at radius 1 is 1.39 bits per heavy atom. The van der Waals surface area contributed by atoms with Crippen LogP contribution >= 0.6 is 0 Å². The van der Waals surface area contributed by atoms with E-state index in [0.717, 1.165) is 12.1 Å². The largest absolute Gasteiger partial charge is 0.416 e. The molecule has 28 heavy (non-hydrogen) atoms. The first-order valence-electron chi connectivity index (χ1n) is 8.68. The molecule has 0 aliphatic heterocycles. The molecule has 0 radical (unpaired) electrons. The molecule has 11 heteroatoms. The Kier molecular flexibility index (Phi) is 6.29. The predicted molar refractivity (Wildman–Crippen MR) is 101 cm³/mol. The van der Waals surface area contributed by atoms with Gasteiger partial charge in [0.1, 0.15) is 5.82 Å². The van der Waals surface area contributed by atoms with Gasteiger partial charge in [0, 0.05) is 26.3 Å². The fraction of sp³-hybridized carbons (Fsp3) is 0.471. The van der Waals surface area contributed by atoms with Crippen molar-refractivity contribution in [2.45, 2.75) is 39.5 Å². The molecule has 0 amide bonds. The smallest absolute Gasteiger partial charge is 0.387 e. The van der Waals surface area contributed by atoms with Crippen molar-refractivity contribution in [3.63, 3.8) is 0 Å². The van der Waals surface area contributed by atoms with Gasteiger partial charge in [0.25, 0.3) is 10.0 Å². The zero-order valence-electron chi connectivity index (χ0n) is 16.1. The van der Waals surface area contributed by atoms with Gasteiger partial charge in [-0.2, -0.15) is 17.9 Å². The van der Waals surface area contributed by atoms with E-state index >= 15 is 0 Å². The van der Waals surface area contributed by atoms with Crippen LogP contribution in [0.1, 0.15) is 38.2 Å². The zero-order valence-corrected chi connectivity index (χ0v) is 16.9. The molecule has 0 fully saturated rings. The number of nitrogens with two attached hydrogens (primary N) is 1. The topological polar surface area (TPSA) is 93.2 Å². The van der Waals surface area contributed by atoms with Crippen LogP contribution in [-0.4, -0.2) is 36.5 Å². The first kappa shape index (κ1) is 22.0. The normalized spacial score (nSPS) is 14.5. The van der Waals surface area contributed by atoms with Crippen molar-refractivity contribution in [2.75, 3.05) is 13.6 Å². The van der Waals surface area contributed by atoms with Crippen molar-refractivity contribution >= 4 is 21.1 Å². The number of rotatable bonds is 7. The molecule has 1 heterocycles. The molecule has 7 nitrogen and oxygen atoms in total. The molecule has 1 aromatic heterocycles. The second kappa shape index (κ2) is 8.00. The molecule has 156 valence electrons. The maximum absolute atomic E-state index is 13.0. The monoisotopic (exact) mass is 419 g/mol. The SMILES string of the molecule is CCN(C)/C=C(\N)S(=O)(=O)N[C@H](C)c1nc2ccc(C(F)(F)F)cc2n1CC. The Balaban J connectivity index is 2.43. The van der Waals surface area contributed by atoms with Gasteiger partial charge in [0.05, 0.1) is 22.6 Å². The summed E-state index contributed by atoms with van der Waals surface area (Å²) in [5.41, 5.74) is 5.53. The Morgan fingerprint density at radius 2 is 2.04 bits per heavy atom. The van der Waals surface area contributed by atoms with E-state index in [4.69, 9.17) is 5.73 Å². The van der Waals surface area contributed by atoms with E-state index in [9.17, 15) is 21.6 Å². The van der Waals surface area contributed by atoms with E-state index < -0.39 is 27.8 Å². The van der Waals surface area contributed by atoms with E-state index in [1.807, 2.05) is 6.92 Å². The highest BCUT2D eigenvalue weighted by molar-refractivity contribution is 7.93. The summed E-state index contributed by atoms with van der Waals surface area (Å²) >= 11 is 0. The van der Waals surface area contributed by atoms with Crippen molar-refractivity contribution in [1.82, 2.24) is 19.2 Å². The average molecular weight is 419 g/mol. The van der Waals surface area contributed by atoms with Crippen LogP contribution in [0.15, 0.2) is 29.4 Å². The van der Waals surface area contributed by atoms with Gasteiger partial charge >= 0.3 is 6.18 Å². The molecule has 2 aromatic rings. The van der Waals surface area contributed by atoms with Gasteiger partial charge in [0.2, 0.25) is 0 Å². The molecule has 1 atom stereocenters. The lowest BCUT2D eigenvalue weighted by atomic mass is 10.2. The van der Waals surface area contributed by atoms with Crippen LogP contribution in [0.4, 0.5) is 13.2 Å². The highest BCUT2D eigenvalue weighted by Gasteiger charge is 2.31. The number of fused-ring (bicyclic) bond motifs is 1. The number of nitrogens with zero attached hydrogens (tertiary/aromatic N) is 3. The van der Waals surface area contributed by atoms with Crippen molar-refractivity contribution in [1.29, 1.82) is 0 Å². The van der Waals surface area contributed by atoms with Gasteiger partial charge < -0.3 is 15.2 Å². The summed E-state index contributed by atoms with van der Waals surface area (Å²) in [5, 5.41) is -0.359. The minimum Gasteiger partial charge on any atom is -0.387 e. The van der Waals surface area contributed by atoms with Gasteiger partial charge in [-0.1, -0.05) is 0 Å². The van der Waals surface area contributed by atoms with Crippen LogP contribution in [0.5, 0.6) is 0 Å². The molecule has 0 saturated carbocycles. The molecule has 1 aromatic carbocycles. The van der Waals surface area contributed by atoms with Gasteiger partial charge in [-0.3, -0.25) is 0 Å². The summed E-state index contributed by atoms with van der Waals surface area (Å²) in [6.45, 7) is 6.04. The van der Waals surface area contributed by atoms with Gasteiger partial charge in [-0.05, 0) is 39.0 Å². The second-order valence-electron chi connectivity index (χ2n) is 6.36. The number of aromatic nitrogens is 2. The fourth-order valence-electron chi connectivity index (χ4n) is 2.71. The molecule has 0 saturated heterocycles. The first-order chi connectivity index (χ1) is 12.9. The number of hydrogen-bond acceptors (Lipinski definition) is 5. The molecule has 2 rings (SSSR count). The predicted octanol–water partition coefficient (Wildman–Crippen LogP) is 2.76. The highest BCUT2D eigenvalue weighted by atomic mass is 32.2. The summed E-state index contributed by atoms with van der Waals surface area (Å²) in [4.78, 5) is 5.94. The molecule has 0 spiro atoms. The highest BCUT2D eigenvalue weighted by Crippen LogP contribution is 2.32. The number of sulfonamides is 1. The van der Waals surface area contributed by atoms with Crippen LogP contribution < -0.4 is 10.5 Å². The van der Waals surface area contributed by atoms with Crippen LogP contribution in [-0.2, 0) is 22.7 Å². The van der Waals surface area contributed by atoms with Gasteiger partial charge in [-0.25, -0.2) is 13.4 Å². The quantitative estimate of drug-likeness (QED) is 0.720. The minimum atomic E-state index is -4.48. The fourth-order valence-corrected chi connectivity index (χ4v) is 3.74. The third-order valence-corrected chi connectivity index (χ3v) is 5.69. The standard InChI is InChI=1S/C17H24F3N5O2S/c1-5-24(4)10-15(21)28(26,27)23-11(3)16-22-13-8-7-12(17(18,19)20)9-14(13)25(16)6-2/h7-11,23H,5-6,21H2,1-4H3/b15-10+/t11-/m1/s1. The lowest BCUT2D eigenvalue weighted by molar-refractivity contribution is -0.137. The number of imidazole rings is 1. The molecule has 0 bridgehead atoms. The Hall–Kier alpha value is -2.27. The molecule has 0 aliphatic rings. The maximum Gasteiger partial charge on any atom is 0.416 e. The summed E-state index contributed by atoms with van der Waals surface area (Å²) in [5.74, 6) is 0.303. The van der Waals surface area contributed by atoms with E-state index in [2.05, 4.69) is 9.71 Å². The molecule has 3 N–H and O–H groups in total. The van der Waals surface area contributed by atoms with Crippen molar-refractivity contribution in [2.24, 2.45) is 5.73 Å². The molecular formula is C17H24F3N5O2S. The number of alkyl halides is 3. The van der Waals surface area contributed by atoms with Crippen LogP contribution in [0, 0.1) is 0 Å². The van der Waals surface area contributed by atoms with Gasteiger partial charge in [-0.15, -0.1) is 0 Å². The van der Waals surface area contributed by atoms with Crippen LogP contribution in [0.2, 0.25) is 0 Å². The Morgan fingerprint density at radius 3 is 2.57 bits per heavy atom. The lowest BCUT2D eigenvalue weighted by Crippen LogP contribution is -2.33. The third-order valence-electron chi connectivity index (χ3n) is 4.30. The summed E-state index contributed by atoms with van der Waals surface area (Å²) in [6, 6.07) is 2.45. The Bertz CT molecular complexity index is 983. The third kappa shape index (κ3) is 4.58. The summed E-state index contributed by atoms with van der Waals surface area (Å²) in [7, 11) is -2.31. The summed E-state index contributed by atoms with van der Waals surface area (Å²) in [6.07, 6.45) is -3.18. The second-order valence-corrected chi connectivity index (χ2v) is 8.08. The van der Waals surface area contributed by atoms with Gasteiger partial charge in [0.15, 0.2) is 5.03 Å². The zero-order chi connectivity index (χ0) is 21.3. The Labute approximate surface area is 162 Å². The number of hydrogen-bond donors (Lipinski definition) is 2. The van der Waals surface area contributed by atoms with E-state index in [1.54, 1.807) is 30.4 Å². The van der Waals surface area contributed by atoms with Crippen molar-refractivity contribution in [3.8, 4) is 0 Å². The number of aryl methyl sites for hydroxylation is 1. The summed E-state index contributed by atoms with van der Waals surface area (Å²) < 4.78 is 67.9. The van der Waals surface area contributed by atoms with Crippen LogP contribution in [0.25, 0.3) is 11.0 Å². The minimum absolute atomic E-state index is 0.285. The molecular weight excluding hydrogens is 395 g/mol. The molecule has 0 aliphatic carbocycles. The van der Waals surface area contributed by atoms with E-state index in [1.165, 1.54) is 12.3 Å². The number of halogens is 3. The van der Waals surface area contributed by atoms with Crippen LogP contribution in [0.3, 0.4) is 0 Å². The number of benzene rings is 1. The number of nitrogens with one attached hydrogen (secondary N) is 1. The first-order valence-corrected chi connectivity index (χ1v) is 10.2. The van der Waals surface area contributed by atoms with Crippen molar-refractivity contribution < 1.29 is 21.6 Å². The van der Waals surface area contributed by atoms with Crippen molar-refractivity contribution in [3.05, 3.63) is 40.8 Å². The van der Waals surface area contributed by atoms with E-state index in [-0.39, 0.29) is 10.5 Å². The maximum atomic E-state index is 13.0. The average Bonchev–Trinajstić information content (AvgIpc) is 2.98.